The number of halogens is 1. The Morgan fingerprint density at radius 1 is 1.13 bits per heavy atom. The van der Waals surface area contributed by atoms with E-state index in [1.165, 1.54) is 22.5 Å². The normalized spacial score (nSPS) is 11.2. The molecule has 0 saturated heterocycles. The lowest BCUT2D eigenvalue weighted by Gasteiger charge is -2.23. The molecule has 164 valence electrons. The number of ether oxygens (including phenoxy) is 1. The Labute approximate surface area is 184 Å². The zero-order chi connectivity index (χ0) is 22.1. The van der Waals surface area contributed by atoms with E-state index in [4.69, 9.17) is 16.3 Å². The van der Waals surface area contributed by atoms with E-state index in [0.29, 0.717) is 29.4 Å². The lowest BCUT2D eigenvalue weighted by atomic mass is 10.1. The summed E-state index contributed by atoms with van der Waals surface area (Å²) in [6.07, 6.45) is 3.55. The highest BCUT2D eigenvalue weighted by molar-refractivity contribution is 7.92. The topological polar surface area (TPSA) is 75.7 Å². The molecule has 0 radical (unpaired) electrons. The van der Waals surface area contributed by atoms with Crippen molar-refractivity contribution in [1.29, 1.82) is 0 Å². The van der Waals surface area contributed by atoms with Crippen LogP contribution in [-0.2, 0) is 21.2 Å². The van der Waals surface area contributed by atoms with Crippen molar-refractivity contribution in [1.82, 2.24) is 5.32 Å². The average molecular weight is 453 g/mol. The van der Waals surface area contributed by atoms with E-state index < -0.39 is 10.0 Å². The highest BCUT2D eigenvalue weighted by atomic mass is 35.5. The van der Waals surface area contributed by atoms with Crippen LogP contribution >= 0.6 is 11.6 Å². The first-order valence-corrected chi connectivity index (χ1v) is 12.1. The predicted molar refractivity (Wildman–Crippen MR) is 122 cm³/mol. The van der Waals surface area contributed by atoms with Crippen molar-refractivity contribution < 1.29 is 17.9 Å². The molecule has 1 amide bonds. The third-order valence-corrected chi connectivity index (χ3v) is 6.16. The molecule has 6 nitrogen and oxygen atoms in total. The standard InChI is InChI=1S/C22H29ClN2O4S/c1-17-8-10-18(11-9-17)6-4-14-24-22(26)7-5-15-25(30(3,27)28)19-12-13-21(29-2)20(23)16-19/h8-13,16H,4-7,14-15H2,1-3H3,(H,24,26). The van der Waals surface area contributed by atoms with Gasteiger partial charge in [-0.15, -0.1) is 0 Å². The van der Waals surface area contributed by atoms with Crippen LogP contribution in [-0.4, -0.2) is 40.8 Å². The quantitative estimate of drug-likeness (QED) is 0.524. The molecule has 2 aromatic carbocycles. The molecular weight excluding hydrogens is 424 g/mol. The summed E-state index contributed by atoms with van der Waals surface area (Å²) in [6, 6.07) is 13.2. The van der Waals surface area contributed by atoms with Crippen LogP contribution < -0.4 is 14.4 Å². The molecule has 0 spiro atoms. The molecule has 8 heteroatoms. The van der Waals surface area contributed by atoms with Gasteiger partial charge in [0.15, 0.2) is 0 Å². The van der Waals surface area contributed by atoms with Gasteiger partial charge in [-0.1, -0.05) is 41.4 Å². The fourth-order valence-corrected chi connectivity index (χ4v) is 4.25. The smallest absolute Gasteiger partial charge is 0.232 e. The first-order chi connectivity index (χ1) is 14.2. The maximum atomic E-state index is 12.2. The molecule has 0 atom stereocenters. The van der Waals surface area contributed by atoms with Crippen molar-refractivity contribution in [3.8, 4) is 5.75 Å². The molecule has 1 N–H and O–H groups in total. The molecule has 2 aromatic rings. The van der Waals surface area contributed by atoms with Crippen LogP contribution in [0.2, 0.25) is 5.02 Å². The Morgan fingerprint density at radius 2 is 1.83 bits per heavy atom. The van der Waals surface area contributed by atoms with Crippen molar-refractivity contribution in [2.45, 2.75) is 32.6 Å². The minimum Gasteiger partial charge on any atom is -0.495 e. The number of aryl methyl sites for hydroxylation is 2. The fourth-order valence-electron chi connectivity index (χ4n) is 3.04. The average Bonchev–Trinajstić information content (AvgIpc) is 2.69. The van der Waals surface area contributed by atoms with Crippen molar-refractivity contribution in [2.75, 3.05) is 30.8 Å². The maximum absolute atomic E-state index is 12.2. The Morgan fingerprint density at radius 3 is 2.43 bits per heavy atom. The molecule has 0 bridgehead atoms. The Bertz CT molecular complexity index is 946. The van der Waals surface area contributed by atoms with Crippen LogP contribution in [0.5, 0.6) is 5.75 Å². The molecule has 2 rings (SSSR count). The Balaban J connectivity index is 1.79. The lowest BCUT2D eigenvalue weighted by molar-refractivity contribution is -0.121. The molecule has 0 saturated carbocycles. The lowest BCUT2D eigenvalue weighted by Crippen LogP contribution is -2.32. The largest absolute Gasteiger partial charge is 0.495 e. The number of hydrogen-bond donors (Lipinski definition) is 1. The first-order valence-electron chi connectivity index (χ1n) is 9.84. The van der Waals surface area contributed by atoms with E-state index in [1.54, 1.807) is 18.2 Å². The van der Waals surface area contributed by atoms with E-state index >= 15 is 0 Å². The number of nitrogens with zero attached hydrogens (tertiary/aromatic N) is 1. The second-order valence-electron chi connectivity index (χ2n) is 7.20. The van der Waals surface area contributed by atoms with Gasteiger partial charge in [0.25, 0.3) is 0 Å². The van der Waals surface area contributed by atoms with Crippen LogP contribution in [0.15, 0.2) is 42.5 Å². The van der Waals surface area contributed by atoms with Gasteiger partial charge in [-0.3, -0.25) is 9.10 Å². The van der Waals surface area contributed by atoms with Gasteiger partial charge in [-0.05, 0) is 49.9 Å². The van der Waals surface area contributed by atoms with Crippen molar-refractivity contribution >= 4 is 33.2 Å². The first kappa shape index (κ1) is 24.0. The summed E-state index contributed by atoms with van der Waals surface area (Å²) in [4.78, 5) is 12.1. The molecule has 0 aliphatic heterocycles. The summed E-state index contributed by atoms with van der Waals surface area (Å²) in [7, 11) is -2.01. The van der Waals surface area contributed by atoms with Gasteiger partial charge in [0, 0.05) is 19.5 Å². The third-order valence-electron chi connectivity index (χ3n) is 4.67. The molecule has 0 aliphatic carbocycles. The van der Waals surface area contributed by atoms with Gasteiger partial charge in [0.2, 0.25) is 15.9 Å². The Hall–Kier alpha value is -2.25. The summed E-state index contributed by atoms with van der Waals surface area (Å²) in [6.45, 7) is 2.84. The predicted octanol–water partition coefficient (Wildman–Crippen LogP) is 3.95. The van der Waals surface area contributed by atoms with E-state index in [1.807, 2.05) is 0 Å². The van der Waals surface area contributed by atoms with Gasteiger partial charge in [0.1, 0.15) is 5.75 Å². The highest BCUT2D eigenvalue weighted by Crippen LogP contribution is 2.30. The molecular formula is C22H29ClN2O4S. The van der Waals surface area contributed by atoms with Gasteiger partial charge < -0.3 is 10.1 Å². The maximum Gasteiger partial charge on any atom is 0.232 e. The van der Waals surface area contributed by atoms with Gasteiger partial charge in [-0.2, -0.15) is 0 Å². The number of carbonyl (C=O) groups excluding carboxylic acids is 1. The highest BCUT2D eigenvalue weighted by Gasteiger charge is 2.19. The van der Waals surface area contributed by atoms with E-state index in [-0.39, 0.29) is 18.9 Å². The molecule has 0 heterocycles. The minimum atomic E-state index is -3.50. The molecule has 0 aliphatic rings. The van der Waals surface area contributed by atoms with Crippen molar-refractivity contribution in [3.63, 3.8) is 0 Å². The zero-order valence-corrected chi connectivity index (χ0v) is 19.2. The molecule has 0 fully saturated rings. The van der Waals surface area contributed by atoms with E-state index in [0.717, 1.165) is 19.1 Å². The number of sulfonamides is 1. The molecule has 30 heavy (non-hydrogen) atoms. The van der Waals surface area contributed by atoms with Gasteiger partial charge in [0.05, 0.1) is 24.1 Å². The number of methoxy groups -OCH3 is 1. The van der Waals surface area contributed by atoms with Crippen molar-refractivity contribution in [3.05, 3.63) is 58.6 Å². The Kier molecular flexibility index (Phi) is 8.99. The monoisotopic (exact) mass is 452 g/mol. The van der Waals surface area contributed by atoms with Crippen LogP contribution in [0.1, 0.15) is 30.4 Å². The van der Waals surface area contributed by atoms with Crippen LogP contribution in [0.4, 0.5) is 5.69 Å². The number of benzene rings is 2. The summed E-state index contributed by atoms with van der Waals surface area (Å²) >= 11 is 6.12. The number of nitrogens with one attached hydrogen (secondary N) is 1. The van der Waals surface area contributed by atoms with Crippen LogP contribution in [0.25, 0.3) is 0 Å². The summed E-state index contributed by atoms with van der Waals surface area (Å²) in [5, 5.41) is 3.22. The third kappa shape index (κ3) is 7.54. The van der Waals surface area contributed by atoms with E-state index in [2.05, 4.69) is 36.5 Å². The van der Waals surface area contributed by atoms with E-state index in [9.17, 15) is 13.2 Å². The number of carbonyl (C=O) groups is 1. The SMILES string of the molecule is COc1ccc(N(CCCC(=O)NCCCc2ccc(C)cc2)S(C)(=O)=O)cc1Cl. The van der Waals surface area contributed by atoms with Crippen LogP contribution in [0.3, 0.4) is 0 Å². The minimum absolute atomic E-state index is 0.0832. The summed E-state index contributed by atoms with van der Waals surface area (Å²) in [5.74, 6) is 0.388. The van der Waals surface area contributed by atoms with Gasteiger partial charge >= 0.3 is 0 Å². The van der Waals surface area contributed by atoms with Crippen molar-refractivity contribution in [2.24, 2.45) is 0 Å². The number of anilines is 1. The second-order valence-corrected chi connectivity index (χ2v) is 9.51. The molecule has 0 unspecified atom stereocenters. The number of rotatable bonds is 11. The number of hydrogen-bond acceptors (Lipinski definition) is 4. The summed E-state index contributed by atoms with van der Waals surface area (Å²) in [5.41, 5.74) is 2.92. The second kappa shape index (κ2) is 11.2. The zero-order valence-electron chi connectivity index (χ0n) is 17.7. The summed E-state index contributed by atoms with van der Waals surface area (Å²) < 4.78 is 30.7. The number of amides is 1. The molecule has 0 aromatic heterocycles. The fraction of sp³-hybridized carbons (Fsp3) is 0.409. The van der Waals surface area contributed by atoms with Gasteiger partial charge in [-0.25, -0.2) is 8.42 Å². The van der Waals surface area contributed by atoms with Crippen LogP contribution in [0, 0.1) is 6.92 Å².